The number of nitrogens with zero attached hydrogens (tertiary/aromatic N) is 1. The van der Waals surface area contributed by atoms with Gasteiger partial charge < -0.3 is 15.7 Å². The number of carbonyl (C=O) groups excluding carboxylic acids is 1. The van der Waals surface area contributed by atoms with Crippen LogP contribution in [-0.2, 0) is 6.42 Å². The van der Waals surface area contributed by atoms with Crippen molar-refractivity contribution in [3.8, 4) is 5.75 Å². The van der Waals surface area contributed by atoms with E-state index in [1.807, 2.05) is 20.8 Å². The summed E-state index contributed by atoms with van der Waals surface area (Å²) in [5.74, 6) is -0.0724. The number of hydrogen-bond acceptors (Lipinski definition) is 4. The zero-order valence-corrected chi connectivity index (χ0v) is 18.1. The molecule has 1 aromatic heterocycles. The second kappa shape index (κ2) is 8.31. The number of allylic oxidation sites excluding steroid dienone is 1. The molecule has 2 aromatic rings. The fourth-order valence-corrected chi connectivity index (χ4v) is 3.19. The number of rotatable bonds is 5. The van der Waals surface area contributed by atoms with Gasteiger partial charge in [0.1, 0.15) is 11.4 Å². The standard InChI is InChI=1S/C20H23BrClN3O2/c1-11-8-15(22)17(21)14(18(11)26)9-12(2)24-13-6-7-23-16(10-13)19(27)25-20(3,4)5/h6-8,10,26H,2,9H2,1,3-5H3,(H,23,24)(H,25,27). The molecule has 0 saturated carbocycles. The van der Waals surface area contributed by atoms with Crippen molar-refractivity contribution in [3.63, 3.8) is 0 Å². The first kappa shape index (κ1) is 21.3. The second-order valence-corrected chi connectivity index (χ2v) is 8.56. The van der Waals surface area contributed by atoms with E-state index < -0.39 is 0 Å². The number of pyridine rings is 1. The first-order valence-electron chi connectivity index (χ1n) is 8.37. The van der Waals surface area contributed by atoms with Crippen LogP contribution in [-0.4, -0.2) is 21.5 Å². The van der Waals surface area contributed by atoms with Crippen LogP contribution in [0.1, 0.15) is 42.4 Å². The van der Waals surface area contributed by atoms with Gasteiger partial charge in [0.25, 0.3) is 5.91 Å². The predicted octanol–water partition coefficient (Wildman–Crippen LogP) is 5.21. The molecular formula is C20H23BrClN3O2. The number of halogens is 2. The van der Waals surface area contributed by atoms with Crippen molar-refractivity contribution in [2.24, 2.45) is 0 Å². The lowest BCUT2D eigenvalue weighted by molar-refractivity contribution is 0.0914. The number of benzene rings is 1. The fraction of sp³-hybridized carbons (Fsp3) is 0.300. The van der Waals surface area contributed by atoms with E-state index in [-0.39, 0.29) is 17.2 Å². The lowest BCUT2D eigenvalue weighted by Crippen LogP contribution is -2.40. The molecule has 27 heavy (non-hydrogen) atoms. The Bertz CT molecular complexity index is 865. The first-order chi connectivity index (χ1) is 12.5. The van der Waals surface area contributed by atoms with Gasteiger partial charge in [0.05, 0.1) is 5.02 Å². The number of carbonyl (C=O) groups is 1. The van der Waals surface area contributed by atoms with Crippen LogP contribution in [0.15, 0.2) is 41.1 Å². The van der Waals surface area contributed by atoms with Crippen LogP contribution in [0.25, 0.3) is 0 Å². The Hall–Kier alpha value is -2.05. The molecule has 0 bridgehead atoms. The van der Waals surface area contributed by atoms with Crippen LogP contribution in [0.3, 0.4) is 0 Å². The van der Waals surface area contributed by atoms with E-state index in [2.05, 4.69) is 38.1 Å². The Morgan fingerprint density at radius 1 is 1.37 bits per heavy atom. The highest BCUT2D eigenvalue weighted by molar-refractivity contribution is 9.10. The molecule has 144 valence electrons. The lowest BCUT2D eigenvalue weighted by Gasteiger charge is -2.20. The summed E-state index contributed by atoms with van der Waals surface area (Å²) in [5, 5.41) is 16.9. The summed E-state index contributed by atoms with van der Waals surface area (Å²) in [4.78, 5) is 16.4. The minimum atomic E-state index is -0.347. The third kappa shape index (κ3) is 5.71. The summed E-state index contributed by atoms with van der Waals surface area (Å²) >= 11 is 9.60. The van der Waals surface area contributed by atoms with Crippen molar-refractivity contribution >= 4 is 39.1 Å². The van der Waals surface area contributed by atoms with Gasteiger partial charge in [-0.15, -0.1) is 0 Å². The molecule has 1 aromatic carbocycles. The number of aromatic hydroxyl groups is 1. The van der Waals surface area contributed by atoms with Gasteiger partial charge in [-0.1, -0.05) is 18.2 Å². The fourth-order valence-electron chi connectivity index (χ4n) is 2.47. The van der Waals surface area contributed by atoms with E-state index in [4.69, 9.17) is 11.6 Å². The predicted molar refractivity (Wildman–Crippen MR) is 113 cm³/mol. The molecule has 0 saturated heterocycles. The summed E-state index contributed by atoms with van der Waals surface area (Å²) in [5.41, 5.74) is 2.63. The number of hydrogen-bond donors (Lipinski definition) is 3. The topological polar surface area (TPSA) is 74.2 Å². The van der Waals surface area contributed by atoms with Gasteiger partial charge in [0.2, 0.25) is 0 Å². The number of aryl methyl sites for hydroxylation is 1. The van der Waals surface area contributed by atoms with Crippen molar-refractivity contribution < 1.29 is 9.90 Å². The zero-order chi connectivity index (χ0) is 20.4. The van der Waals surface area contributed by atoms with E-state index >= 15 is 0 Å². The zero-order valence-electron chi connectivity index (χ0n) is 15.8. The van der Waals surface area contributed by atoms with Gasteiger partial charge in [-0.2, -0.15) is 0 Å². The third-order valence-corrected chi connectivity index (χ3v) is 5.10. The van der Waals surface area contributed by atoms with Crippen molar-refractivity contribution in [2.45, 2.75) is 39.7 Å². The highest BCUT2D eigenvalue weighted by Gasteiger charge is 2.17. The quantitative estimate of drug-likeness (QED) is 0.582. The summed E-state index contributed by atoms with van der Waals surface area (Å²) in [6, 6.07) is 5.10. The van der Waals surface area contributed by atoms with Gasteiger partial charge in [0, 0.05) is 39.6 Å². The molecule has 0 radical (unpaired) electrons. The average molecular weight is 453 g/mol. The van der Waals surface area contributed by atoms with Crippen LogP contribution < -0.4 is 10.6 Å². The number of amides is 1. The maximum atomic E-state index is 12.3. The Balaban J connectivity index is 2.16. The Morgan fingerprint density at radius 3 is 2.67 bits per heavy atom. The van der Waals surface area contributed by atoms with Gasteiger partial charge in [-0.05, 0) is 67.4 Å². The molecule has 0 unspecified atom stereocenters. The second-order valence-electron chi connectivity index (χ2n) is 7.36. The van der Waals surface area contributed by atoms with Crippen molar-refractivity contribution in [1.82, 2.24) is 10.3 Å². The van der Waals surface area contributed by atoms with Gasteiger partial charge >= 0.3 is 0 Å². The number of aromatic nitrogens is 1. The normalized spacial score (nSPS) is 11.2. The molecule has 2 rings (SSSR count). The molecule has 7 heteroatoms. The Kier molecular flexibility index (Phi) is 6.54. The maximum Gasteiger partial charge on any atom is 0.270 e. The lowest BCUT2D eigenvalue weighted by atomic mass is 10.1. The molecule has 0 spiro atoms. The van der Waals surface area contributed by atoms with E-state index in [1.165, 1.54) is 0 Å². The van der Waals surface area contributed by atoms with Crippen LogP contribution in [0.4, 0.5) is 5.69 Å². The van der Waals surface area contributed by atoms with Crippen molar-refractivity contribution in [1.29, 1.82) is 0 Å². The van der Waals surface area contributed by atoms with E-state index in [9.17, 15) is 9.90 Å². The van der Waals surface area contributed by atoms with E-state index in [0.717, 1.165) is 0 Å². The van der Waals surface area contributed by atoms with Crippen LogP contribution in [0.5, 0.6) is 5.75 Å². The van der Waals surface area contributed by atoms with Crippen LogP contribution >= 0.6 is 27.5 Å². The number of phenolic OH excluding ortho intramolecular Hbond substituents is 1. The number of nitrogens with one attached hydrogen (secondary N) is 2. The molecule has 0 atom stereocenters. The molecule has 0 aliphatic rings. The molecule has 0 fully saturated rings. The minimum Gasteiger partial charge on any atom is -0.507 e. The summed E-state index contributed by atoms with van der Waals surface area (Å²) in [6.45, 7) is 11.5. The SMILES string of the molecule is C=C(Cc1c(O)c(C)cc(Cl)c1Br)Nc1ccnc(C(=O)NC(C)(C)C)c1. The maximum absolute atomic E-state index is 12.3. The van der Waals surface area contributed by atoms with Gasteiger partial charge in [-0.25, -0.2) is 0 Å². The largest absolute Gasteiger partial charge is 0.507 e. The summed E-state index contributed by atoms with van der Waals surface area (Å²) in [6.07, 6.45) is 1.92. The summed E-state index contributed by atoms with van der Waals surface area (Å²) < 4.78 is 0.634. The molecular weight excluding hydrogens is 430 g/mol. The van der Waals surface area contributed by atoms with E-state index in [0.29, 0.717) is 44.1 Å². The minimum absolute atomic E-state index is 0.175. The van der Waals surface area contributed by atoms with Gasteiger partial charge in [0.15, 0.2) is 0 Å². The molecule has 0 aliphatic heterocycles. The molecule has 3 N–H and O–H groups in total. The Labute approximate surface area is 173 Å². The van der Waals surface area contributed by atoms with Crippen molar-refractivity contribution in [2.75, 3.05) is 5.32 Å². The molecule has 1 heterocycles. The van der Waals surface area contributed by atoms with Crippen LogP contribution in [0, 0.1) is 6.92 Å². The van der Waals surface area contributed by atoms with Crippen molar-refractivity contribution in [3.05, 3.63) is 63.0 Å². The molecule has 1 amide bonds. The smallest absolute Gasteiger partial charge is 0.270 e. The third-order valence-electron chi connectivity index (χ3n) is 3.67. The average Bonchev–Trinajstić information content (AvgIpc) is 2.55. The summed E-state index contributed by atoms with van der Waals surface area (Å²) in [7, 11) is 0. The highest BCUT2D eigenvalue weighted by Crippen LogP contribution is 2.36. The van der Waals surface area contributed by atoms with E-state index in [1.54, 1.807) is 31.3 Å². The highest BCUT2D eigenvalue weighted by atomic mass is 79.9. The van der Waals surface area contributed by atoms with Crippen LogP contribution in [0.2, 0.25) is 5.02 Å². The van der Waals surface area contributed by atoms with Gasteiger partial charge in [-0.3, -0.25) is 9.78 Å². The number of phenols is 1. The molecule has 5 nitrogen and oxygen atoms in total. The Morgan fingerprint density at radius 2 is 2.04 bits per heavy atom. The first-order valence-corrected chi connectivity index (χ1v) is 9.55. The number of anilines is 1. The monoisotopic (exact) mass is 451 g/mol. The molecule has 0 aliphatic carbocycles.